The SMILES string of the molecule is CCCC(CCCc1cccc2ccccc12)C1=N/C(=C(/C=NC)SF)C(C(C)Cc2cccnc2)C(C)=C1. The first-order chi connectivity index (χ1) is 19.0. The first kappa shape index (κ1) is 28.9. The number of aromatic nitrogens is 1. The van der Waals surface area contributed by atoms with E-state index in [-0.39, 0.29) is 24.0 Å². The van der Waals surface area contributed by atoms with E-state index in [4.69, 9.17) is 4.99 Å². The van der Waals surface area contributed by atoms with Crippen molar-refractivity contribution in [1.82, 2.24) is 4.98 Å². The van der Waals surface area contributed by atoms with Crippen molar-refractivity contribution in [3.63, 3.8) is 0 Å². The molecule has 0 N–H and O–H groups in total. The molecule has 3 nitrogen and oxygen atoms in total. The Morgan fingerprint density at radius 3 is 2.67 bits per heavy atom. The van der Waals surface area contributed by atoms with Crippen molar-refractivity contribution in [2.75, 3.05) is 7.05 Å². The van der Waals surface area contributed by atoms with Gasteiger partial charge in [0.25, 0.3) is 0 Å². The van der Waals surface area contributed by atoms with Crippen molar-refractivity contribution >= 4 is 34.8 Å². The van der Waals surface area contributed by atoms with E-state index >= 15 is 0 Å². The summed E-state index contributed by atoms with van der Waals surface area (Å²) in [5, 5.41) is 2.64. The van der Waals surface area contributed by atoms with Crippen LogP contribution in [0.15, 0.2) is 99.2 Å². The number of nitrogens with zero attached hydrogens (tertiary/aromatic N) is 3. The largest absolute Gasteiger partial charge is 0.295 e. The summed E-state index contributed by atoms with van der Waals surface area (Å²) < 4.78 is 14.3. The van der Waals surface area contributed by atoms with Gasteiger partial charge in [0.1, 0.15) is 0 Å². The third kappa shape index (κ3) is 7.33. The van der Waals surface area contributed by atoms with Crippen LogP contribution in [0.3, 0.4) is 0 Å². The Bertz CT molecular complexity index is 1350. The molecule has 2 aromatic carbocycles. The minimum atomic E-state index is 0.0307. The maximum Gasteiger partial charge on any atom is 0.0847 e. The molecule has 0 fully saturated rings. The Balaban J connectivity index is 1.59. The van der Waals surface area contributed by atoms with Gasteiger partial charge in [-0.3, -0.25) is 15.0 Å². The molecule has 0 radical (unpaired) electrons. The second kappa shape index (κ2) is 14.4. The van der Waals surface area contributed by atoms with E-state index < -0.39 is 0 Å². The number of dihydropyridines is 1. The van der Waals surface area contributed by atoms with Crippen LogP contribution < -0.4 is 0 Å². The van der Waals surface area contributed by atoms with Crippen molar-refractivity contribution in [1.29, 1.82) is 0 Å². The van der Waals surface area contributed by atoms with Crippen LogP contribution in [0.4, 0.5) is 3.89 Å². The number of pyridine rings is 1. The van der Waals surface area contributed by atoms with Gasteiger partial charge in [-0.15, -0.1) is 0 Å². The number of hydrogen-bond acceptors (Lipinski definition) is 4. The number of aliphatic imine (C=N–C) groups is 2. The molecule has 0 bridgehead atoms. The molecule has 1 aromatic heterocycles. The Morgan fingerprint density at radius 1 is 1.10 bits per heavy atom. The maximum absolute atomic E-state index is 14.3. The number of aryl methyl sites for hydroxylation is 1. The van der Waals surface area contributed by atoms with Gasteiger partial charge in [-0.25, -0.2) is 0 Å². The molecule has 0 spiro atoms. The fourth-order valence-electron chi connectivity index (χ4n) is 6.00. The predicted molar refractivity (Wildman–Crippen MR) is 167 cm³/mol. The quantitative estimate of drug-likeness (QED) is 0.214. The lowest BCUT2D eigenvalue weighted by Crippen LogP contribution is -2.26. The Morgan fingerprint density at radius 2 is 1.92 bits per heavy atom. The molecule has 3 aromatic rings. The van der Waals surface area contributed by atoms with Crippen LogP contribution in [-0.4, -0.2) is 24.0 Å². The summed E-state index contributed by atoms with van der Waals surface area (Å²) in [6, 6.07) is 19.3. The zero-order valence-corrected chi connectivity index (χ0v) is 24.4. The highest BCUT2D eigenvalue weighted by Gasteiger charge is 2.31. The molecule has 0 saturated carbocycles. The van der Waals surface area contributed by atoms with Crippen LogP contribution >= 0.6 is 12.1 Å². The Hall–Kier alpha value is -3.05. The van der Waals surface area contributed by atoms with E-state index in [9.17, 15) is 3.89 Å². The zero-order chi connectivity index (χ0) is 27.6. The van der Waals surface area contributed by atoms with Crippen molar-refractivity contribution in [2.45, 2.75) is 59.3 Å². The third-order valence-electron chi connectivity index (χ3n) is 7.78. The maximum atomic E-state index is 14.3. The molecule has 3 atom stereocenters. The number of allylic oxidation sites excluding steroid dienone is 3. The standard InChI is InChI=1S/C34H40FN3S/c1-5-11-29(17-9-16-28-15-8-14-27-13-6-7-18-30(27)28)31-21-25(3)33(34(38-31)32(39-35)23-36-4)24(2)20-26-12-10-19-37-22-26/h6-8,10,12-15,18-19,21-24,29,33H,5,9,11,16-17,20H2,1-4H3/b34-32-,36-23?. The van der Waals surface area contributed by atoms with E-state index in [1.54, 1.807) is 19.5 Å². The lowest BCUT2D eigenvalue weighted by molar-refractivity contribution is 0.449. The van der Waals surface area contributed by atoms with Crippen molar-refractivity contribution in [3.8, 4) is 0 Å². The van der Waals surface area contributed by atoms with E-state index in [2.05, 4.69) is 85.4 Å². The highest BCUT2D eigenvalue weighted by molar-refractivity contribution is 7.99. The van der Waals surface area contributed by atoms with Gasteiger partial charge >= 0.3 is 0 Å². The minimum Gasteiger partial charge on any atom is -0.295 e. The topological polar surface area (TPSA) is 37.6 Å². The third-order valence-corrected chi connectivity index (χ3v) is 8.26. The molecular weight excluding hydrogens is 501 g/mol. The molecule has 2 heterocycles. The second-order valence-corrected chi connectivity index (χ2v) is 11.3. The van der Waals surface area contributed by atoms with Crippen LogP contribution in [0.5, 0.6) is 0 Å². The van der Waals surface area contributed by atoms with Crippen LogP contribution in [-0.2, 0) is 12.8 Å². The number of halogens is 1. The molecule has 0 saturated heterocycles. The summed E-state index contributed by atoms with van der Waals surface area (Å²) in [5.41, 5.74) is 5.74. The Labute approximate surface area is 237 Å². The minimum absolute atomic E-state index is 0.0307. The number of hydrogen-bond donors (Lipinski definition) is 0. The lowest BCUT2D eigenvalue weighted by Gasteiger charge is -2.32. The number of benzene rings is 2. The van der Waals surface area contributed by atoms with Gasteiger partial charge in [-0.1, -0.05) is 74.4 Å². The number of rotatable bonds is 12. The van der Waals surface area contributed by atoms with Gasteiger partial charge in [0.05, 0.1) is 22.8 Å². The van der Waals surface area contributed by atoms with Crippen LogP contribution in [0.2, 0.25) is 0 Å². The molecule has 3 unspecified atom stereocenters. The first-order valence-electron chi connectivity index (χ1n) is 14.1. The molecule has 0 aliphatic carbocycles. The van der Waals surface area contributed by atoms with Crippen LogP contribution in [0, 0.1) is 17.8 Å². The lowest BCUT2D eigenvalue weighted by atomic mass is 9.78. The van der Waals surface area contributed by atoms with Gasteiger partial charge in [0.15, 0.2) is 0 Å². The smallest absolute Gasteiger partial charge is 0.0847 e. The summed E-state index contributed by atoms with van der Waals surface area (Å²) in [4.78, 5) is 14.2. The normalized spacial score (nSPS) is 18.6. The van der Waals surface area contributed by atoms with E-state index in [1.165, 1.54) is 27.5 Å². The van der Waals surface area contributed by atoms with E-state index in [0.717, 1.165) is 49.9 Å². The van der Waals surface area contributed by atoms with Gasteiger partial charge in [-0.05, 0) is 79.0 Å². The molecule has 1 aliphatic heterocycles. The average molecular weight is 542 g/mol. The van der Waals surface area contributed by atoms with Gasteiger partial charge in [0.2, 0.25) is 0 Å². The molecular formula is C34H40FN3S. The summed E-state index contributed by atoms with van der Waals surface area (Å²) in [6.45, 7) is 6.65. The first-order valence-corrected chi connectivity index (χ1v) is 14.8. The second-order valence-electron chi connectivity index (χ2n) is 10.7. The van der Waals surface area contributed by atoms with Gasteiger partial charge < -0.3 is 0 Å². The average Bonchev–Trinajstić information content (AvgIpc) is 2.95. The van der Waals surface area contributed by atoms with Crippen molar-refractivity contribution in [3.05, 3.63) is 100 Å². The molecule has 4 rings (SSSR count). The molecule has 204 valence electrons. The summed E-state index contributed by atoms with van der Waals surface area (Å²) in [5.74, 6) is 0.617. The monoisotopic (exact) mass is 541 g/mol. The summed E-state index contributed by atoms with van der Waals surface area (Å²) in [7, 11) is 1.69. The predicted octanol–water partition coefficient (Wildman–Crippen LogP) is 9.40. The zero-order valence-electron chi connectivity index (χ0n) is 23.6. The summed E-state index contributed by atoms with van der Waals surface area (Å²) in [6.07, 6.45) is 13.8. The fraction of sp³-hybridized carbons (Fsp3) is 0.382. The van der Waals surface area contributed by atoms with Crippen LogP contribution in [0.25, 0.3) is 10.8 Å². The molecule has 5 heteroatoms. The van der Waals surface area contributed by atoms with E-state index in [1.807, 2.05) is 12.3 Å². The fourth-order valence-corrected chi connectivity index (χ4v) is 6.40. The molecule has 39 heavy (non-hydrogen) atoms. The van der Waals surface area contributed by atoms with Crippen molar-refractivity contribution < 1.29 is 3.89 Å². The Kier molecular flexibility index (Phi) is 10.7. The molecule has 0 amide bonds. The highest BCUT2D eigenvalue weighted by atomic mass is 32.2. The summed E-state index contributed by atoms with van der Waals surface area (Å²) >= 11 is 0.258. The molecule has 1 aliphatic rings. The van der Waals surface area contributed by atoms with E-state index in [0.29, 0.717) is 10.8 Å². The van der Waals surface area contributed by atoms with Gasteiger partial charge in [-0.2, -0.15) is 3.89 Å². The van der Waals surface area contributed by atoms with Crippen LogP contribution in [0.1, 0.15) is 57.6 Å². The number of fused-ring (bicyclic) bond motifs is 1. The van der Waals surface area contributed by atoms with Gasteiger partial charge in [0, 0.05) is 43.2 Å². The van der Waals surface area contributed by atoms with Crippen molar-refractivity contribution in [2.24, 2.45) is 27.7 Å². The highest BCUT2D eigenvalue weighted by Crippen LogP contribution is 2.40.